The van der Waals surface area contributed by atoms with Crippen molar-refractivity contribution >= 4 is 56.0 Å². The van der Waals surface area contributed by atoms with Crippen molar-refractivity contribution in [2.75, 3.05) is 5.32 Å². The summed E-state index contributed by atoms with van der Waals surface area (Å²) in [5, 5.41) is 14.0. The van der Waals surface area contributed by atoms with Gasteiger partial charge in [-0.15, -0.1) is 16.4 Å². The zero-order valence-corrected chi connectivity index (χ0v) is 18.4. The molecular weight excluding hydrogens is 418 g/mol. The topological polar surface area (TPSA) is 63.1 Å². The van der Waals surface area contributed by atoms with Gasteiger partial charge in [-0.25, -0.2) is 0 Å². The standard InChI is InChI=1S/C23H20ClN3O2S/c1-4-15-17-9-14(24)5-6-20(17)30-22(15)21-16-10-19-18(25-23(28)12(3)29-19)8-13(16)7-11(2)26-27-21/h5-6,8-10,12H,4,7H2,1-3H3,(H,25,28). The highest BCUT2D eigenvalue weighted by Gasteiger charge is 2.28. The molecule has 7 heteroatoms. The van der Waals surface area contributed by atoms with Crippen molar-refractivity contribution in [3.05, 3.63) is 56.9 Å². The number of hydrogen-bond donors (Lipinski definition) is 1. The molecule has 0 aliphatic carbocycles. The maximum Gasteiger partial charge on any atom is 0.265 e. The number of ether oxygens (including phenoxy) is 1. The molecule has 2 aliphatic rings. The number of thiophene rings is 1. The van der Waals surface area contributed by atoms with Crippen molar-refractivity contribution in [2.24, 2.45) is 10.2 Å². The van der Waals surface area contributed by atoms with Gasteiger partial charge in [-0.1, -0.05) is 18.5 Å². The van der Waals surface area contributed by atoms with Crippen LogP contribution in [0.1, 0.15) is 42.3 Å². The molecule has 3 heterocycles. The van der Waals surface area contributed by atoms with E-state index in [0.29, 0.717) is 17.9 Å². The van der Waals surface area contributed by atoms with Crippen LogP contribution < -0.4 is 10.1 Å². The molecule has 5 rings (SSSR count). The van der Waals surface area contributed by atoms with Crippen LogP contribution in [0.25, 0.3) is 10.1 Å². The Kier molecular flexibility index (Phi) is 4.64. The summed E-state index contributed by atoms with van der Waals surface area (Å²) in [7, 11) is 0. The van der Waals surface area contributed by atoms with Crippen LogP contribution in [0.15, 0.2) is 40.5 Å². The summed E-state index contributed by atoms with van der Waals surface area (Å²) >= 11 is 7.98. The first-order chi connectivity index (χ1) is 14.4. The summed E-state index contributed by atoms with van der Waals surface area (Å²) in [6.45, 7) is 5.86. The number of rotatable bonds is 2. The van der Waals surface area contributed by atoms with E-state index < -0.39 is 6.10 Å². The molecule has 0 saturated heterocycles. The molecule has 0 saturated carbocycles. The zero-order chi connectivity index (χ0) is 21.0. The quantitative estimate of drug-likeness (QED) is 0.566. The molecule has 0 bridgehead atoms. The fraction of sp³-hybridized carbons (Fsp3) is 0.261. The van der Waals surface area contributed by atoms with E-state index >= 15 is 0 Å². The summed E-state index contributed by atoms with van der Waals surface area (Å²) in [5.74, 6) is 0.528. The minimum absolute atomic E-state index is 0.134. The van der Waals surface area contributed by atoms with Crippen LogP contribution in [0.5, 0.6) is 5.75 Å². The molecule has 3 aromatic rings. The number of halogens is 1. The van der Waals surface area contributed by atoms with E-state index in [-0.39, 0.29) is 5.91 Å². The Morgan fingerprint density at radius 2 is 2.10 bits per heavy atom. The predicted octanol–water partition coefficient (Wildman–Crippen LogP) is 5.61. The normalized spacial score (nSPS) is 18.0. The predicted molar refractivity (Wildman–Crippen MR) is 124 cm³/mol. The molecule has 1 atom stereocenters. The number of amides is 1. The van der Waals surface area contributed by atoms with Crippen molar-refractivity contribution in [3.8, 4) is 5.75 Å². The second-order valence-electron chi connectivity index (χ2n) is 7.62. The molecule has 152 valence electrons. The minimum atomic E-state index is -0.530. The molecule has 0 radical (unpaired) electrons. The van der Waals surface area contributed by atoms with Gasteiger partial charge in [0, 0.05) is 27.4 Å². The Morgan fingerprint density at radius 1 is 1.27 bits per heavy atom. The van der Waals surface area contributed by atoms with Crippen LogP contribution in [0, 0.1) is 0 Å². The highest BCUT2D eigenvalue weighted by Crippen LogP contribution is 2.39. The molecule has 2 aromatic carbocycles. The van der Waals surface area contributed by atoms with Crippen molar-refractivity contribution in [1.82, 2.24) is 0 Å². The van der Waals surface area contributed by atoms with E-state index in [9.17, 15) is 4.79 Å². The van der Waals surface area contributed by atoms with E-state index in [1.165, 1.54) is 10.3 Å². The van der Waals surface area contributed by atoms with Gasteiger partial charge in [0.2, 0.25) is 0 Å². The fourth-order valence-corrected chi connectivity index (χ4v) is 5.44. The first-order valence-electron chi connectivity index (χ1n) is 9.91. The lowest BCUT2D eigenvalue weighted by molar-refractivity contribution is -0.122. The van der Waals surface area contributed by atoms with Gasteiger partial charge >= 0.3 is 0 Å². The summed E-state index contributed by atoms with van der Waals surface area (Å²) in [6, 6.07) is 9.98. The van der Waals surface area contributed by atoms with Crippen molar-refractivity contribution in [3.63, 3.8) is 0 Å². The van der Waals surface area contributed by atoms with Crippen molar-refractivity contribution in [2.45, 2.75) is 39.7 Å². The number of nitrogens with zero attached hydrogens (tertiary/aromatic N) is 2. The number of hydrogen-bond acceptors (Lipinski definition) is 5. The Morgan fingerprint density at radius 3 is 2.90 bits per heavy atom. The molecule has 1 N–H and O–H groups in total. The molecule has 1 aromatic heterocycles. The van der Waals surface area contributed by atoms with Gasteiger partial charge in [-0.05, 0) is 67.1 Å². The maximum absolute atomic E-state index is 12.1. The zero-order valence-electron chi connectivity index (χ0n) is 16.9. The molecular formula is C23H20ClN3O2S. The van der Waals surface area contributed by atoms with Crippen LogP contribution in [-0.4, -0.2) is 23.4 Å². The number of aryl methyl sites for hydroxylation is 1. The highest BCUT2D eigenvalue weighted by molar-refractivity contribution is 7.21. The van der Waals surface area contributed by atoms with Crippen LogP contribution in [-0.2, 0) is 17.6 Å². The van der Waals surface area contributed by atoms with Gasteiger partial charge in [0.15, 0.2) is 6.10 Å². The number of anilines is 1. The largest absolute Gasteiger partial charge is 0.479 e. The van der Waals surface area contributed by atoms with Gasteiger partial charge in [-0.2, -0.15) is 5.10 Å². The van der Waals surface area contributed by atoms with E-state index in [1.54, 1.807) is 18.3 Å². The monoisotopic (exact) mass is 437 g/mol. The Bertz CT molecular complexity index is 1280. The van der Waals surface area contributed by atoms with Gasteiger partial charge in [0.05, 0.1) is 10.6 Å². The number of carbonyl (C=O) groups is 1. The molecule has 30 heavy (non-hydrogen) atoms. The lowest BCUT2D eigenvalue weighted by atomic mass is 9.94. The van der Waals surface area contributed by atoms with Crippen LogP contribution in [0.4, 0.5) is 5.69 Å². The number of benzene rings is 2. The first kappa shape index (κ1) is 19.3. The number of carbonyl (C=O) groups excluding carboxylic acids is 1. The molecule has 1 unspecified atom stereocenters. The minimum Gasteiger partial charge on any atom is -0.479 e. The average molecular weight is 438 g/mol. The molecule has 1 amide bonds. The third-order valence-electron chi connectivity index (χ3n) is 5.48. The Hall–Kier alpha value is -2.70. The Labute approximate surface area is 183 Å². The summed E-state index contributed by atoms with van der Waals surface area (Å²) in [6.07, 6.45) is 0.998. The third kappa shape index (κ3) is 3.11. The Balaban J connectivity index is 1.74. The summed E-state index contributed by atoms with van der Waals surface area (Å²) in [4.78, 5) is 13.2. The van der Waals surface area contributed by atoms with E-state index in [1.807, 2.05) is 31.2 Å². The lowest BCUT2D eigenvalue weighted by Gasteiger charge is -2.25. The SMILES string of the molecule is CCc1c(C2=NN=C(C)Cc3cc4c(cc32)OC(C)C(=O)N4)sc2ccc(Cl)cc12. The number of fused-ring (bicyclic) bond motifs is 3. The first-order valence-corrected chi connectivity index (χ1v) is 11.1. The molecule has 0 spiro atoms. The van der Waals surface area contributed by atoms with Gasteiger partial charge in [-0.3, -0.25) is 4.79 Å². The lowest BCUT2D eigenvalue weighted by Crippen LogP contribution is -2.34. The second kappa shape index (κ2) is 7.22. The molecule has 2 aliphatic heterocycles. The van der Waals surface area contributed by atoms with E-state index in [0.717, 1.165) is 44.3 Å². The summed E-state index contributed by atoms with van der Waals surface area (Å²) < 4.78 is 7.05. The fourth-order valence-electron chi connectivity index (χ4n) is 4.00. The van der Waals surface area contributed by atoms with Gasteiger partial charge < -0.3 is 10.1 Å². The van der Waals surface area contributed by atoms with E-state index in [4.69, 9.17) is 16.3 Å². The van der Waals surface area contributed by atoms with Crippen molar-refractivity contribution < 1.29 is 9.53 Å². The average Bonchev–Trinajstić information content (AvgIpc) is 2.98. The third-order valence-corrected chi connectivity index (χ3v) is 6.93. The van der Waals surface area contributed by atoms with Crippen LogP contribution in [0.2, 0.25) is 5.02 Å². The second-order valence-corrected chi connectivity index (χ2v) is 9.11. The van der Waals surface area contributed by atoms with Gasteiger partial charge in [0.1, 0.15) is 11.5 Å². The molecule has 0 fully saturated rings. The maximum atomic E-state index is 12.1. The van der Waals surface area contributed by atoms with E-state index in [2.05, 4.69) is 28.5 Å². The van der Waals surface area contributed by atoms with Gasteiger partial charge in [0.25, 0.3) is 5.91 Å². The molecule has 5 nitrogen and oxygen atoms in total. The van der Waals surface area contributed by atoms with Crippen LogP contribution in [0.3, 0.4) is 0 Å². The smallest absolute Gasteiger partial charge is 0.265 e. The summed E-state index contributed by atoms with van der Waals surface area (Å²) in [5.41, 5.74) is 5.74. The number of nitrogens with one attached hydrogen (secondary N) is 1. The van der Waals surface area contributed by atoms with Crippen LogP contribution >= 0.6 is 22.9 Å². The van der Waals surface area contributed by atoms with Crippen molar-refractivity contribution in [1.29, 1.82) is 0 Å². The highest BCUT2D eigenvalue weighted by atomic mass is 35.5.